The van der Waals surface area contributed by atoms with Gasteiger partial charge in [0.05, 0.1) is 26.9 Å². The van der Waals surface area contributed by atoms with Gasteiger partial charge in [-0.05, 0) is 24.1 Å². The lowest BCUT2D eigenvalue weighted by Crippen LogP contribution is -2.35. The third kappa shape index (κ3) is 3.43. The second kappa shape index (κ2) is 8.35. The van der Waals surface area contributed by atoms with Gasteiger partial charge in [-0.2, -0.15) is 0 Å². The van der Waals surface area contributed by atoms with Gasteiger partial charge in [-0.1, -0.05) is 36.4 Å². The van der Waals surface area contributed by atoms with E-state index in [1.165, 1.54) is 21.3 Å². The van der Waals surface area contributed by atoms with Crippen molar-refractivity contribution in [1.29, 1.82) is 0 Å². The number of carbonyl (C=O) groups excluding carboxylic acids is 1. The molecule has 2 aromatic rings. The highest BCUT2D eigenvalue weighted by Crippen LogP contribution is 2.41. The molecule has 1 aliphatic heterocycles. The number of nitrogens with zero attached hydrogens (tertiary/aromatic N) is 1. The normalized spacial score (nSPS) is 18.2. The molecular weight excluding hydrogens is 358 g/mol. The van der Waals surface area contributed by atoms with Gasteiger partial charge in [0, 0.05) is 24.8 Å². The van der Waals surface area contributed by atoms with Gasteiger partial charge in [0.2, 0.25) is 5.75 Å². The van der Waals surface area contributed by atoms with Crippen molar-refractivity contribution < 1.29 is 24.1 Å². The first kappa shape index (κ1) is 19.8. The summed E-state index contributed by atoms with van der Waals surface area (Å²) in [6, 6.07) is 13.3. The highest BCUT2D eigenvalue weighted by atomic mass is 16.5. The van der Waals surface area contributed by atoms with Crippen LogP contribution < -0.4 is 14.2 Å². The molecule has 0 spiro atoms. The van der Waals surface area contributed by atoms with E-state index < -0.39 is 5.41 Å². The molecule has 1 aliphatic rings. The monoisotopic (exact) mass is 383 g/mol. The second-order valence-corrected chi connectivity index (χ2v) is 6.63. The molecule has 0 bridgehead atoms. The molecule has 2 aromatic carbocycles. The maximum atomic E-state index is 13.3. The van der Waals surface area contributed by atoms with Gasteiger partial charge in [-0.15, -0.1) is 0 Å². The van der Waals surface area contributed by atoms with Crippen molar-refractivity contribution in [1.82, 2.24) is 4.90 Å². The number of aliphatic hydroxyl groups excluding tert-OH is 1. The summed E-state index contributed by atoms with van der Waals surface area (Å²) in [5.41, 5.74) is 1.03. The maximum Gasteiger partial charge on any atom is 0.261 e. The van der Waals surface area contributed by atoms with E-state index in [0.29, 0.717) is 35.8 Å². The van der Waals surface area contributed by atoms with Gasteiger partial charge in [0.15, 0.2) is 11.5 Å². The van der Waals surface area contributed by atoms with E-state index in [-0.39, 0.29) is 12.5 Å². The van der Waals surface area contributed by atoms with Crippen molar-refractivity contribution >= 4 is 5.91 Å². The molecule has 0 radical (unpaired) electrons. The zero-order valence-corrected chi connectivity index (χ0v) is 16.3. The van der Waals surface area contributed by atoms with Gasteiger partial charge in [0.25, 0.3) is 5.91 Å². The minimum absolute atomic E-state index is 0.0287. The lowest BCUT2D eigenvalue weighted by Gasteiger charge is -2.29. The van der Waals surface area contributed by atoms with Crippen LogP contribution in [0.15, 0.2) is 54.7 Å². The number of methoxy groups -OCH3 is 3. The predicted molar refractivity (Wildman–Crippen MR) is 106 cm³/mol. The van der Waals surface area contributed by atoms with Crippen molar-refractivity contribution in [2.75, 3.05) is 34.5 Å². The number of benzene rings is 2. The fraction of sp³-hybridized carbons (Fsp3) is 0.318. The molecule has 1 amide bonds. The topological polar surface area (TPSA) is 68.2 Å². The molecule has 148 valence electrons. The Morgan fingerprint density at radius 1 is 1.04 bits per heavy atom. The van der Waals surface area contributed by atoms with Gasteiger partial charge in [0.1, 0.15) is 0 Å². The van der Waals surface area contributed by atoms with E-state index >= 15 is 0 Å². The van der Waals surface area contributed by atoms with Crippen LogP contribution in [-0.2, 0) is 5.41 Å². The molecule has 1 unspecified atom stereocenters. The van der Waals surface area contributed by atoms with E-state index in [2.05, 4.69) is 0 Å². The summed E-state index contributed by atoms with van der Waals surface area (Å²) in [5, 5.41) is 9.62. The third-order valence-corrected chi connectivity index (χ3v) is 5.13. The summed E-state index contributed by atoms with van der Waals surface area (Å²) in [7, 11) is 4.53. The number of rotatable bonds is 7. The smallest absolute Gasteiger partial charge is 0.261 e. The number of hydrogen-bond acceptors (Lipinski definition) is 5. The van der Waals surface area contributed by atoms with Crippen molar-refractivity contribution in [3.63, 3.8) is 0 Å². The van der Waals surface area contributed by atoms with Gasteiger partial charge in [-0.3, -0.25) is 4.79 Å². The summed E-state index contributed by atoms with van der Waals surface area (Å²) in [6.45, 7) is 0.467. The van der Waals surface area contributed by atoms with Crippen LogP contribution in [0.25, 0.3) is 0 Å². The first-order valence-corrected chi connectivity index (χ1v) is 9.06. The Morgan fingerprint density at radius 3 is 2.36 bits per heavy atom. The Bertz CT molecular complexity index is 865. The molecule has 3 rings (SSSR count). The van der Waals surface area contributed by atoms with E-state index in [1.807, 2.05) is 36.4 Å². The lowest BCUT2D eigenvalue weighted by atomic mass is 9.79. The molecule has 1 heterocycles. The summed E-state index contributed by atoms with van der Waals surface area (Å²) in [4.78, 5) is 14.9. The molecule has 6 nitrogen and oxygen atoms in total. The second-order valence-electron chi connectivity index (χ2n) is 6.63. The molecular formula is C22H25NO5. The van der Waals surface area contributed by atoms with Gasteiger partial charge >= 0.3 is 0 Å². The Balaban J connectivity index is 1.94. The van der Waals surface area contributed by atoms with Crippen LogP contribution in [0.3, 0.4) is 0 Å². The molecule has 1 atom stereocenters. The molecule has 1 N–H and O–H groups in total. The third-order valence-electron chi connectivity index (χ3n) is 5.13. The van der Waals surface area contributed by atoms with Gasteiger partial charge in [-0.25, -0.2) is 0 Å². The molecule has 0 saturated heterocycles. The van der Waals surface area contributed by atoms with Crippen molar-refractivity contribution in [3.05, 3.63) is 65.9 Å². The number of ether oxygens (including phenoxy) is 3. The zero-order chi connectivity index (χ0) is 20.1. The molecule has 0 aromatic heterocycles. The molecule has 6 heteroatoms. The average molecular weight is 383 g/mol. The van der Waals surface area contributed by atoms with Crippen LogP contribution in [0.2, 0.25) is 0 Å². The lowest BCUT2D eigenvalue weighted by molar-refractivity contribution is 0.0809. The first-order valence-electron chi connectivity index (χ1n) is 9.06. The number of aliphatic hydroxyl groups is 1. The van der Waals surface area contributed by atoms with Crippen LogP contribution in [0.5, 0.6) is 17.2 Å². The van der Waals surface area contributed by atoms with Crippen molar-refractivity contribution in [3.8, 4) is 17.2 Å². The van der Waals surface area contributed by atoms with Crippen LogP contribution >= 0.6 is 0 Å². The van der Waals surface area contributed by atoms with Crippen LogP contribution in [0.1, 0.15) is 22.3 Å². The maximum absolute atomic E-state index is 13.3. The van der Waals surface area contributed by atoms with Crippen LogP contribution in [0.4, 0.5) is 0 Å². The largest absolute Gasteiger partial charge is 0.493 e. The fourth-order valence-electron chi connectivity index (χ4n) is 3.67. The van der Waals surface area contributed by atoms with Crippen LogP contribution in [0, 0.1) is 0 Å². The van der Waals surface area contributed by atoms with E-state index in [1.54, 1.807) is 23.2 Å². The highest BCUT2D eigenvalue weighted by molar-refractivity contribution is 5.99. The van der Waals surface area contributed by atoms with Crippen LogP contribution in [-0.4, -0.2) is 50.4 Å². The minimum Gasteiger partial charge on any atom is -0.493 e. The van der Waals surface area contributed by atoms with E-state index in [9.17, 15) is 9.90 Å². The van der Waals surface area contributed by atoms with E-state index in [4.69, 9.17) is 14.2 Å². The average Bonchev–Trinajstić information content (AvgIpc) is 3.18. The zero-order valence-electron chi connectivity index (χ0n) is 16.3. The Labute approximate surface area is 164 Å². The molecule has 0 fully saturated rings. The molecule has 0 aliphatic carbocycles. The van der Waals surface area contributed by atoms with E-state index in [0.717, 1.165) is 5.56 Å². The predicted octanol–water partition coefficient (Wildman–Crippen LogP) is 3.00. The summed E-state index contributed by atoms with van der Waals surface area (Å²) >= 11 is 0. The SMILES string of the molecule is COc1ccc(C(=O)N2C=CC(CCO)(c3ccccc3)C2)c(OC)c1OC. The molecule has 0 saturated carbocycles. The van der Waals surface area contributed by atoms with Crippen molar-refractivity contribution in [2.24, 2.45) is 0 Å². The van der Waals surface area contributed by atoms with Gasteiger partial charge < -0.3 is 24.2 Å². The standard InChI is InChI=1S/C22H25NO5/c1-26-18-10-9-17(19(27-2)20(18)28-3)21(25)23-13-11-22(15-23,12-14-24)16-7-5-4-6-8-16/h4-11,13,24H,12,14-15H2,1-3H3. The number of amides is 1. The summed E-state index contributed by atoms with van der Waals surface area (Å²) < 4.78 is 16.1. The van der Waals surface area contributed by atoms with Crippen molar-refractivity contribution in [2.45, 2.75) is 11.8 Å². The number of hydrogen-bond donors (Lipinski definition) is 1. The Morgan fingerprint density at radius 2 is 1.75 bits per heavy atom. The quantitative estimate of drug-likeness (QED) is 0.796. The Kier molecular flexibility index (Phi) is 5.90. The number of carbonyl (C=O) groups is 1. The fourth-order valence-corrected chi connectivity index (χ4v) is 3.67. The minimum atomic E-state index is -0.421. The molecule has 28 heavy (non-hydrogen) atoms. The summed E-state index contributed by atoms with van der Waals surface area (Å²) in [6.07, 6.45) is 4.30. The highest BCUT2D eigenvalue weighted by Gasteiger charge is 2.38. The summed E-state index contributed by atoms with van der Waals surface area (Å²) in [5.74, 6) is 1.000. The Hall–Kier alpha value is -2.99. The first-order chi connectivity index (χ1) is 13.6.